The van der Waals surface area contributed by atoms with Crippen LogP contribution in [0.2, 0.25) is 0 Å². The van der Waals surface area contributed by atoms with Gasteiger partial charge in [-0.05, 0) is 42.2 Å². The number of esters is 1. The summed E-state index contributed by atoms with van der Waals surface area (Å²) in [5.41, 5.74) is 2.17. The van der Waals surface area contributed by atoms with Gasteiger partial charge in [-0.15, -0.1) is 0 Å². The number of aryl methyl sites for hydroxylation is 1. The third-order valence-electron chi connectivity index (χ3n) is 3.92. The van der Waals surface area contributed by atoms with E-state index in [1.807, 2.05) is 12.1 Å². The van der Waals surface area contributed by atoms with Crippen LogP contribution in [0.3, 0.4) is 0 Å². The normalized spacial score (nSPS) is 10.6. The first-order valence-corrected chi connectivity index (χ1v) is 8.91. The molecule has 0 radical (unpaired) electrons. The molecule has 0 saturated carbocycles. The largest absolute Gasteiger partial charge is 0.454 e. The molecule has 0 fully saturated rings. The Morgan fingerprint density at radius 1 is 1.04 bits per heavy atom. The van der Waals surface area contributed by atoms with E-state index >= 15 is 0 Å². The summed E-state index contributed by atoms with van der Waals surface area (Å²) < 4.78 is 17.8. The van der Waals surface area contributed by atoms with Crippen LogP contribution < -0.4 is 5.32 Å². The molecular weight excluding hydrogens is 361 g/mol. The molecule has 0 saturated heterocycles. The SMILES string of the molecule is CC(=O)NCCCc1ccc(C(=O)COC(=O)/C=C/c2ccc(F)cc2)cc1. The molecule has 0 aromatic heterocycles. The van der Waals surface area contributed by atoms with E-state index < -0.39 is 5.97 Å². The standard InChI is InChI=1S/C22H22FNO4/c1-16(25)24-14-2-3-17-4-9-19(10-5-17)21(26)15-28-22(27)13-8-18-6-11-20(23)12-7-18/h4-13H,2-3,14-15H2,1H3,(H,24,25)/b13-8+. The van der Waals surface area contributed by atoms with E-state index in [-0.39, 0.29) is 24.1 Å². The van der Waals surface area contributed by atoms with Gasteiger partial charge in [0, 0.05) is 25.1 Å². The van der Waals surface area contributed by atoms with Crippen LogP contribution in [0.1, 0.15) is 34.8 Å². The summed E-state index contributed by atoms with van der Waals surface area (Å²) in [6, 6.07) is 12.7. The average Bonchev–Trinajstić information content (AvgIpc) is 2.69. The fourth-order valence-corrected chi connectivity index (χ4v) is 2.42. The first-order chi connectivity index (χ1) is 13.4. The van der Waals surface area contributed by atoms with Gasteiger partial charge in [-0.3, -0.25) is 9.59 Å². The fraction of sp³-hybridized carbons (Fsp3) is 0.227. The number of hydrogen-bond donors (Lipinski definition) is 1. The van der Waals surface area contributed by atoms with Gasteiger partial charge in [-0.1, -0.05) is 36.4 Å². The predicted octanol–water partition coefficient (Wildman–Crippen LogP) is 3.33. The Hall–Kier alpha value is -3.28. The van der Waals surface area contributed by atoms with Gasteiger partial charge >= 0.3 is 5.97 Å². The molecule has 6 heteroatoms. The Morgan fingerprint density at radius 2 is 1.71 bits per heavy atom. The summed E-state index contributed by atoms with van der Waals surface area (Å²) in [5, 5.41) is 2.73. The zero-order valence-corrected chi connectivity index (χ0v) is 15.6. The van der Waals surface area contributed by atoms with Crippen molar-refractivity contribution in [3.8, 4) is 0 Å². The average molecular weight is 383 g/mol. The topological polar surface area (TPSA) is 72.5 Å². The van der Waals surface area contributed by atoms with Crippen LogP contribution in [0.4, 0.5) is 4.39 Å². The number of ketones is 1. The maximum absolute atomic E-state index is 12.8. The highest BCUT2D eigenvalue weighted by molar-refractivity contribution is 5.98. The molecular formula is C22H22FNO4. The molecule has 5 nitrogen and oxygen atoms in total. The van der Waals surface area contributed by atoms with Gasteiger partial charge in [0.2, 0.25) is 5.91 Å². The minimum absolute atomic E-state index is 0.0528. The van der Waals surface area contributed by atoms with Gasteiger partial charge in [0.15, 0.2) is 12.4 Å². The van der Waals surface area contributed by atoms with Crippen LogP contribution >= 0.6 is 0 Å². The Balaban J connectivity index is 1.76. The van der Waals surface area contributed by atoms with E-state index in [0.29, 0.717) is 17.7 Å². The lowest BCUT2D eigenvalue weighted by Crippen LogP contribution is -2.21. The second-order valence-corrected chi connectivity index (χ2v) is 6.20. The molecule has 0 atom stereocenters. The molecule has 0 aliphatic heterocycles. The number of Topliss-reactive ketones (excluding diaryl/α,β-unsaturated/α-hetero) is 1. The number of carbonyl (C=O) groups excluding carboxylic acids is 3. The number of nitrogens with one attached hydrogen (secondary N) is 1. The fourth-order valence-electron chi connectivity index (χ4n) is 2.42. The quantitative estimate of drug-likeness (QED) is 0.312. The lowest BCUT2D eigenvalue weighted by Gasteiger charge is -2.05. The van der Waals surface area contributed by atoms with Gasteiger partial charge in [0.1, 0.15) is 5.82 Å². The van der Waals surface area contributed by atoms with E-state index in [1.165, 1.54) is 43.3 Å². The first-order valence-electron chi connectivity index (χ1n) is 8.91. The van der Waals surface area contributed by atoms with Crippen LogP contribution in [-0.2, 0) is 20.7 Å². The minimum Gasteiger partial charge on any atom is -0.454 e. The number of carbonyl (C=O) groups is 3. The number of halogens is 1. The highest BCUT2D eigenvalue weighted by Gasteiger charge is 2.08. The smallest absolute Gasteiger partial charge is 0.331 e. The molecule has 1 N–H and O–H groups in total. The van der Waals surface area contributed by atoms with Crippen molar-refractivity contribution in [1.82, 2.24) is 5.32 Å². The Bertz CT molecular complexity index is 842. The maximum atomic E-state index is 12.8. The van der Waals surface area contributed by atoms with Crippen molar-refractivity contribution >= 4 is 23.7 Å². The third-order valence-corrected chi connectivity index (χ3v) is 3.92. The van der Waals surface area contributed by atoms with Crippen LogP contribution in [0.15, 0.2) is 54.6 Å². The zero-order chi connectivity index (χ0) is 20.4. The molecule has 0 aliphatic rings. The molecule has 0 unspecified atom stereocenters. The van der Waals surface area contributed by atoms with Crippen molar-refractivity contribution < 1.29 is 23.5 Å². The summed E-state index contributed by atoms with van der Waals surface area (Å²) in [6.07, 6.45) is 4.28. The van der Waals surface area contributed by atoms with Crippen molar-refractivity contribution in [2.24, 2.45) is 0 Å². The summed E-state index contributed by atoms with van der Waals surface area (Å²) >= 11 is 0. The molecule has 0 bridgehead atoms. The number of rotatable bonds is 9. The second kappa shape index (κ2) is 10.8. The van der Waals surface area contributed by atoms with Crippen LogP contribution in [-0.4, -0.2) is 30.8 Å². The van der Waals surface area contributed by atoms with Crippen LogP contribution in [0, 0.1) is 5.82 Å². The molecule has 1 amide bonds. The molecule has 0 aliphatic carbocycles. The molecule has 0 heterocycles. The molecule has 28 heavy (non-hydrogen) atoms. The maximum Gasteiger partial charge on any atom is 0.331 e. The molecule has 146 valence electrons. The lowest BCUT2D eigenvalue weighted by molar-refractivity contribution is -0.136. The summed E-state index contributed by atoms with van der Waals surface area (Å²) in [6.45, 7) is 1.73. The van der Waals surface area contributed by atoms with Gasteiger partial charge in [0.25, 0.3) is 0 Å². The number of hydrogen-bond acceptors (Lipinski definition) is 4. The zero-order valence-electron chi connectivity index (χ0n) is 15.6. The highest BCUT2D eigenvalue weighted by Crippen LogP contribution is 2.08. The summed E-state index contributed by atoms with van der Waals surface area (Å²) in [5.74, 6) is -1.35. The van der Waals surface area contributed by atoms with E-state index in [9.17, 15) is 18.8 Å². The molecule has 2 aromatic rings. The van der Waals surface area contributed by atoms with Crippen molar-refractivity contribution in [3.63, 3.8) is 0 Å². The lowest BCUT2D eigenvalue weighted by atomic mass is 10.1. The van der Waals surface area contributed by atoms with E-state index in [2.05, 4.69) is 5.32 Å². The Morgan fingerprint density at radius 3 is 2.36 bits per heavy atom. The van der Waals surface area contributed by atoms with Crippen molar-refractivity contribution in [3.05, 3.63) is 77.1 Å². The first kappa shape index (κ1) is 21.0. The number of amides is 1. The minimum atomic E-state index is -0.646. The summed E-state index contributed by atoms with van der Waals surface area (Å²) in [4.78, 5) is 34.6. The van der Waals surface area contributed by atoms with Crippen molar-refractivity contribution in [2.45, 2.75) is 19.8 Å². The van der Waals surface area contributed by atoms with Gasteiger partial charge in [-0.2, -0.15) is 0 Å². The Labute approximate surface area is 163 Å². The highest BCUT2D eigenvalue weighted by atomic mass is 19.1. The Kier molecular flexibility index (Phi) is 8.09. The molecule has 0 spiro atoms. The van der Waals surface area contributed by atoms with Crippen LogP contribution in [0.25, 0.3) is 6.08 Å². The van der Waals surface area contributed by atoms with E-state index in [1.54, 1.807) is 12.1 Å². The number of benzene rings is 2. The van der Waals surface area contributed by atoms with Crippen molar-refractivity contribution in [2.75, 3.05) is 13.2 Å². The van der Waals surface area contributed by atoms with E-state index in [0.717, 1.165) is 18.4 Å². The van der Waals surface area contributed by atoms with E-state index in [4.69, 9.17) is 4.74 Å². The predicted molar refractivity (Wildman–Crippen MR) is 104 cm³/mol. The van der Waals surface area contributed by atoms with Gasteiger partial charge in [0.05, 0.1) is 0 Å². The third kappa shape index (κ3) is 7.53. The van der Waals surface area contributed by atoms with Gasteiger partial charge < -0.3 is 10.1 Å². The van der Waals surface area contributed by atoms with Gasteiger partial charge in [-0.25, -0.2) is 9.18 Å². The molecule has 2 aromatic carbocycles. The summed E-state index contributed by atoms with van der Waals surface area (Å²) in [7, 11) is 0. The number of ether oxygens (including phenoxy) is 1. The van der Waals surface area contributed by atoms with Crippen LogP contribution in [0.5, 0.6) is 0 Å². The van der Waals surface area contributed by atoms with Crippen molar-refractivity contribution in [1.29, 1.82) is 0 Å². The monoisotopic (exact) mass is 383 g/mol. The molecule has 2 rings (SSSR count). The second-order valence-electron chi connectivity index (χ2n) is 6.20.